The summed E-state index contributed by atoms with van der Waals surface area (Å²) in [5, 5.41) is 2.93. The van der Waals surface area contributed by atoms with E-state index in [1.54, 1.807) is 31.4 Å². The maximum Gasteiger partial charge on any atom is 0.337 e. The van der Waals surface area contributed by atoms with Gasteiger partial charge in [0.1, 0.15) is 5.75 Å². The number of hydrogen-bond donors (Lipinski definition) is 1. The first-order valence-corrected chi connectivity index (χ1v) is 9.88. The summed E-state index contributed by atoms with van der Waals surface area (Å²) in [6, 6.07) is 14.6. The van der Waals surface area contributed by atoms with Gasteiger partial charge < -0.3 is 14.8 Å². The van der Waals surface area contributed by atoms with Crippen molar-refractivity contribution in [2.24, 2.45) is 0 Å². The molecule has 1 heterocycles. The average molecular weight is 405 g/mol. The highest BCUT2D eigenvalue weighted by Crippen LogP contribution is 2.42. The number of amides is 1. The number of rotatable bonds is 4. The molecular formula is C24H23NO5. The number of hydrogen-bond acceptors (Lipinski definition) is 5. The first-order valence-electron chi connectivity index (χ1n) is 9.88. The predicted molar refractivity (Wildman–Crippen MR) is 110 cm³/mol. The third kappa shape index (κ3) is 3.73. The van der Waals surface area contributed by atoms with E-state index >= 15 is 0 Å². The highest BCUT2D eigenvalue weighted by atomic mass is 16.5. The van der Waals surface area contributed by atoms with Crippen molar-refractivity contribution in [2.45, 2.75) is 31.1 Å². The number of nitrogens with one attached hydrogen (secondary N) is 1. The Bertz CT molecular complexity index is 1020. The Balaban J connectivity index is 1.64. The second kappa shape index (κ2) is 8.14. The summed E-state index contributed by atoms with van der Waals surface area (Å²) in [4.78, 5) is 37.2. The molecule has 0 saturated carbocycles. The van der Waals surface area contributed by atoms with E-state index in [0.717, 1.165) is 16.9 Å². The van der Waals surface area contributed by atoms with Gasteiger partial charge in [0.05, 0.1) is 19.8 Å². The number of Topliss-reactive ketones (excluding diaryl/α,β-unsaturated/α-hetero) is 1. The summed E-state index contributed by atoms with van der Waals surface area (Å²) in [5.41, 5.74) is 3.73. The maximum absolute atomic E-state index is 13.1. The van der Waals surface area contributed by atoms with Gasteiger partial charge in [0.15, 0.2) is 5.78 Å². The molecular weight excluding hydrogens is 382 g/mol. The van der Waals surface area contributed by atoms with Gasteiger partial charge >= 0.3 is 5.97 Å². The molecule has 0 bridgehead atoms. The fraction of sp³-hybridized carbons (Fsp3) is 0.292. The van der Waals surface area contributed by atoms with E-state index < -0.39 is 5.97 Å². The van der Waals surface area contributed by atoms with Gasteiger partial charge in [0.25, 0.3) is 0 Å². The van der Waals surface area contributed by atoms with Gasteiger partial charge in [-0.25, -0.2) is 4.79 Å². The highest BCUT2D eigenvalue weighted by molar-refractivity contribution is 6.02. The van der Waals surface area contributed by atoms with E-state index in [0.29, 0.717) is 29.7 Å². The molecule has 2 aliphatic rings. The Hall–Kier alpha value is -3.41. The summed E-state index contributed by atoms with van der Waals surface area (Å²) in [6.07, 6.45) is 1.23. The minimum Gasteiger partial charge on any atom is -0.497 e. The van der Waals surface area contributed by atoms with Gasteiger partial charge in [-0.05, 0) is 47.7 Å². The summed E-state index contributed by atoms with van der Waals surface area (Å²) in [7, 11) is 2.95. The van der Waals surface area contributed by atoms with Gasteiger partial charge in [-0.3, -0.25) is 9.59 Å². The fourth-order valence-electron chi connectivity index (χ4n) is 4.33. The zero-order chi connectivity index (χ0) is 21.3. The quantitative estimate of drug-likeness (QED) is 0.788. The van der Waals surface area contributed by atoms with Crippen molar-refractivity contribution in [1.82, 2.24) is 5.32 Å². The third-order valence-corrected chi connectivity index (χ3v) is 5.86. The average Bonchev–Trinajstić information content (AvgIpc) is 2.77. The monoisotopic (exact) mass is 405 g/mol. The molecule has 2 aromatic rings. The van der Waals surface area contributed by atoms with Gasteiger partial charge in [-0.2, -0.15) is 0 Å². The lowest BCUT2D eigenvalue weighted by atomic mass is 9.73. The molecule has 1 N–H and O–H groups in total. The number of methoxy groups -OCH3 is 2. The molecule has 2 aromatic carbocycles. The van der Waals surface area contributed by atoms with Crippen LogP contribution in [0, 0.1) is 0 Å². The van der Waals surface area contributed by atoms with Crippen molar-refractivity contribution < 1.29 is 23.9 Å². The number of ether oxygens (including phenoxy) is 2. The van der Waals surface area contributed by atoms with E-state index in [2.05, 4.69) is 5.32 Å². The van der Waals surface area contributed by atoms with Crippen molar-refractivity contribution in [1.29, 1.82) is 0 Å². The standard InChI is InChI=1S/C24H23NO5/c1-29-18-9-7-14(8-10-18)17-11-20-23(21(26)12-17)19(13-22(27)25-20)15-3-5-16(6-4-15)24(28)30-2/h3-10,17,19H,11-13H2,1-2H3,(H,25,27)/t17-,19-/m0/s1. The first kappa shape index (κ1) is 19.9. The van der Waals surface area contributed by atoms with Crippen LogP contribution < -0.4 is 10.1 Å². The summed E-state index contributed by atoms with van der Waals surface area (Å²) >= 11 is 0. The van der Waals surface area contributed by atoms with Crippen LogP contribution in [0.2, 0.25) is 0 Å². The lowest BCUT2D eigenvalue weighted by Gasteiger charge is -2.34. The number of esters is 1. The molecule has 4 rings (SSSR count). The van der Waals surface area contributed by atoms with E-state index in [1.807, 2.05) is 24.3 Å². The Morgan fingerprint density at radius 1 is 0.900 bits per heavy atom. The van der Waals surface area contributed by atoms with Crippen LogP contribution >= 0.6 is 0 Å². The SMILES string of the molecule is COC(=O)c1ccc([C@@H]2CC(=O)NC3=C2C(=O)C[C@@H](c2ccc(OC)cc2)C3)cc1. The molecule has 0 unspecified atom stereocenters. The molecule has 0 fully saturated rings. The van der Waals surface area contributed by atoms with Crippen molar-refractivity contribution in [3.63, 3.8) is 0 Å². The van der Waals surface area contributed by atoms with E-state index in [-0.39, 0.29) is 29.9 Å². The van der Waals surface area contributed by atoms with Crippen LogP contribution in [0.25, 0.3) is 0 Å². The molecule has 30 heavy (non-hydrogen) atoms. The molecule has 1 aliphatic carbocycles. The first-order chi connectivity index (χ1) is 14.5. The van der Waals surface area contributed by atoms with Crippen molar-refractivity contribution >= 4 is 17.7 Å². The molecule has 2 atom stereocenters. The molecule has 0 saturated heterocycles. The van der Waals surface area contributed by atoms with Crippen LogP contribution in [-0.2, 0) is 14.3 Å². The predicted octanol–water partition coefficient (Wildman–Crippen LogP) is 3.49. The summed E-state index contributed by atoms with van der Waals surface area (Å²) in [5.74, 6) is 0.0203. The molecule has 0 radical (unpaired) electrons. The normalized spacial score (nSPS) is 21.0. The van der Waals surface area contributed by atoms with E-state index in [9.17, 15) is 14.4 Å². The van der Waals surface area contributed by atoms with Crippen LogP contribution in [0.3, 0.4) is 0 Å². The Kier molecular flexibility index (Phi) is 5.40. The number of benzene rings is 2. The molecule has 154 valence electrons. The Morgan fingerprint density at radius 2 is 1.57 bits per heavy atom. The minimum absolute atomic E-state index is 0.0166. The lowest BCUT2D eigenvalue weighted by Crippen LogP contribution is -2.38. The smallest absolute Gasteiger partial charge is 0.337 e. The number of carbonyl (C=O) groups excluding carboxylic acids is 3. The zero-order valence-corrected chi connectivity index (χ0v) is 16.9. The number of allylic oxidation sites excluding steroid dienone is 2. The molecule has 0 spiro atoms. The molecule has 1 aliphatic heterocycles. The van der Waals surface area contributed by atoms with Gasteiger partial charge in [0, 0.05) is 30.0 Å². The molecule has 0 aromatic heterocycles. The van der Waals surface area contributed by atoms with Crippen molar-refractivity contribution in [2.75, 3.05) is 14.2 Å². The second-order valence-corrected chi connectivity index (χ2v) is 7.61. The summed E-state index contributed by atoms with van der Waals surface area (Å²) < 4.78 is 9.94. The van der Waals surface area contributed by atoms with E-state index in [4.69, 9.17) is 9.47 Å². The fourth-order valence-corrected chi connectivity index (χ4v) is 4.33. The van der Waals surface area contributed by atoms with Gasteiger partial charge in [-0.1, -0.05) is 24.3 Å². The van der Waals surface area contributed by atoms with Crippen LogP contribution in [0.5, 0.6) is 5.75 Å². The van der Waals surface area contributed by atoms with Crippen molar-refractivity contribution in [3.05, 3.63) is 76.5 Å². The van der Waals surface area contributed by atoms with Crippen LogP contribution in [0.1, 0.15) is 52.6 Å². The van der Waals surface area contributed by atoms with Crippen LogP contribution in [0.4, 0.5) is 0 Å². The zero-order valence-electron chi connectivity index (χ0n) is 16.9. The molecule has 1 amide bonds. The lowest BCUT2D eigenvalue weighted by molar-refractivity contribution is -0.122. The number of carbonyl (C=O) groups is 3. The number of ketones is 1. The highest BCUT2D eigenvalue weighted by Gasteiger charge is 2.38. The third-order valence-electron chi connectivity index (χ3n) is 5.86. The Labute approximate surface area is 174 Å². The topological polar surface area (TPSA) is 81.7 Å². The summed E-state index contributed by atoms with van der Waals surface area (Å²) in [6.45, 7) is 0. The van der Waals surface area contributed by atoms with Gasteiger partial charge in [-0.15, -0.1) is 0 Å². The molecule has 6 nitrogen and oxygen atoms in total. The minimum atomic E-state index is -0.418. The van der Waals surface area contributed by atoms with E-state index in [1.165, 1.54) is 7.11 Å². The molecule has 6 heteroatoms. The second-order valence-electron chi connectivity index (χ2n) is 7.61. The van der Waals surface area contributed by atoms with Crippen LogP contribution in [0.15, 0.2) is 59.8 Å². The maximum atomic E-state index is 13.1. The Morgan fingerprint density at radius 3 is 2.20 bits per heavy atom. The van der Waals surface area contributed by atoms with Crippen LogP contribution in [-0.4, -0.2) is 31.9 Å². The largest absolute Gasteiger partial charge is 0.497 e. The van der Waals surface area contributed by atoms with Gasteiger partial charge in [0.2, 0.25) is 5.91 Å². The van der Waals surface area contributed by atoms with Crippen molar-refractivity contribution in [3.8, 4) is 5.75 Å².